The smallest absolute Gasteiger partial charge is 0.139 e. The highest BCUT2D eigenvalue weighted by Gasteiger charge is 2.24. The van der Waals surface area contributed by atoms with Crippen LogP contribution < -0.4 is 9.80 Å². The monoisotopic (exact) mass is 780 g/mol. The average molecular weight is 781 g/mol. The molecule has 0 amide bonds. The minimum Gasteiger partial charge on any atom is -0.456 e. The summed E-state index contributed by atoms with van der Waals surface area (Å²) in [5.74, 6) is 0. The van der Waals surface area contributed by atoms with Crippen LogP contribution in [-0.4, -0.2) is 0 Å². The molecule has 0 N–H and O–H groups in total. The maximum absolute atomic E-state index is 6.94. The van der Waals surface area contributed by atoms with Crippen molar-refractivity contribution in [3.63, 3.8) is 0 Å². The third-order valence-corrected chi connectivity index (χ3v) is 11.6. The van der Waals surface area contributed by atoms with Crippen LogP contribution in [0, 0.1) is 0 Å². The predicted octanol–water partition coefficient (Wildman–Crippen LogP) is 16.7. The molecule has 0 aliphatic rings. The quantitative estimate of drug-likeness (QED) is 0.145. The molecule has 0 bridgehead atoms. The molecular weight excluding hydrogens is 741 g/mol. The van der Waals surface area contributed by atoms with E-state index in [1.807, 2.05) is 0 Å². The van der Waals surface area contributed by atoms with E-state index in [-0.39, 0.29) is 0 Å². The summed E-state index contributed by atoms with van der Waals surface area (Å²) in [5.41, 5.74) is 14.9. The average Bonchev–Trinajstić information content (AvgIpc) is 3.70. The molecule has 11 rings (SSSR count). The lowest BCUT2D eigenvalue weighted by molar-refractivity contribution is 0.669. The largest absolute Gasteiger partial charge is 0.456 e. The van der Waals surface area contributed by atoms with Gasteiger partial charge in [0, 0.05) is 34.2 Å². The predicted molar refractivity (Wildman–Crippen MR) is 257 cm³/mol. The van der Waals surface area contributed by atoms with Gasteiger partial charge in [-0.2, -0.15) is 0 Å². The number of benzene rings is 10. The number of para-hydroxylation sites is 2. The van der Waals surface area contributed by atoms with Crippen molar-refractivity contribution in [1.29, 1.82) is 0 Å². The maximum Gasteiger partial charge on any atom is 0.139 e. The Bertz CT molecular complexity index is 3270. The van der Waals surface area contributed by atoms with Crippen molar-refractivity contribution in [3.8, 4) is 33.4 Å². The Kier molecular flexibility index (Phi) is 9.18. The summed E-state index contributed by atoms with van der Waals surface area (Å²) < 4.78 is 6.94. The van der Waals surface area contributed by atoms with E-state index in [4.69, 9.17) is 4.42 Å². The lowest BCUT2D eigenvalue weighted by Gasteiger charge is -2.30. The van der Waals surface area contributed by atoms with Gasteiger partial charge in [0.25, 0.3) is 0 Å². The third-order valence-electron chi connectivity index (χ3n) is 11.6. The van der Waals surface area contributed by atoms with Gasteiger partial charge in [-0.3, -0.25) is 0 Å². The van der Waals surface area contributed by atoms with Gasteiger partial charge in [-0.25, -0.2) is 0 Å². The van der Waals surface area contributed by atoms with Gasteiger partial charge in [0.1, 0.15) is 11.2 Å². The molecule has 1 heterocycles. The second-order valence-electron chi connectivity index (χ2n) is 15.4. The van der Waals surface area contributed by atoms with Crippen LogP contribution in [0.4, 0.5) is 34.1 Å². The highest BCUT2D eigenvalue weighted by atomic mass is 16.3. The lowest BCUT2D eigenvalue weighted by Crippen LogP contribution is -2.13. The number of hydrogen-bond donors (Lipinski definition) is 0. The van der Waals surface area contributed by atoms with Gasteiger partial charge in [0.15, 0.2) is 0 Å². The normalized spacial score (nSPS) is 11.3. The minimum atomic E-state index is 0.814. The molecule has 0 aliphatic heterocycles. The Hall–Kier alpha value is -8.14. The summed E-state index contributed by atoms with van der Waals surface area (Å²) in [7, 11) is 0. The van der Waals surface area contributed by atoms with Crippen LogP contribution in [-0.2, 0) is 0 Å². The molecule has 0 spiro atoms. The molecule has 288 valence electrons. The van der Waals surface area contributed by atoms with Crippen LogP contribution in [0.2, 0.25) is 0 Å². The fraction of sp³-hybridized carbons (Fsp3) is 0. The topological polar surface area (TPSA) is 19.6 Å². The van der Waals surface area contributed by atoms with Crippen molar-refractivity contribution < 1.29 is 4.42 Å². The van der Waals surface area contributed by atoms with E-state index in [1.54, 1.807) is 0 Å². The van der Waals surface area contributed by atoms with Gasteiger partial charge < -0.3 is 14.2 Å². The van der Waals surface area contributed by atoms with Crippen molar-refractivity contribution in [1.82, 2.24) is 0 Å². The number of fused-ring (bicyclic) bond motifs is 4. The molecule has 61 heavy (non-hydrogen) atoms. The highest BCUT2D eigenvalue weighted by molar-refractivity contribution is 6.17. The van der Waals surface area contributed by atoms with Crippen LogP contribution in [0.5, 0.6) is 0 Å². The van der Waals surface area contributed by atoms with Crippen LogP contribution in [0.1, 0.15) is 0 Å². The first-order valence-corrected chi connectivity index (χ1v) is 20.7. The van der Waals surface area contributed by atoms with Crippen LogP contribution in [0.25, 0.3) is 66.1 Å². The van der Waals surface area contributed by atoms with Gasteiger partial charge in [-0.1, -0.05) is 170 Å². The van der Waals surface area contributed by atoms with E-state index < -0.39 is 0 Å². The summed E-state index contributed by atoms with van der Waals surface area (Å²) in [6.45, 7) is 0. The molecule has 0 radical (unpaired) electrons. The fourth-order valence-electron chi connectivity index (χ4n) is 8.63. The molecular formula is C58H40N2O. The first-order chi connectivity index (χ1) is 30.2. The lowest BCUT2D eigenvalue weighted by atomic mass is 10.00. The van der Waals surface area contributed by atoms with E-state index in [2.05, 4.69) is 252 Å². The van der Waals surface area contributed by atoms with Crippen molar-refractivity contribution in [2.75, 3.05) is 9.80 Å². The van der Waals surface area contributed by atoms with E-state index in [0.29, 0.717) is 0 Å². The number of anilines is 6. The van der Waals surface area contributed by atoms with Gasteiger partial charge >= 0.3 is 0 Å². The molecule has 0 unspecified atom stereocenters. The molecule has 1 aromatic heterocycles. The molecule has 0 atom stereocenters. The van der Waals surface area contributed by atoms with Gasteiger partial charge in [-0.05, 0) is 111 Å². The second-order valence-corrected chi connectivity index (χ2v) is 15.4. The number of rotatable bonds is 9. The first kappa shape index (κ1) is 36.0. The molecule has 11 aromatic rings. The summed E-state index contributed by atoms with van der Waals surface area (Å²) in [5, 5.41) is 4.45. The van der Waals surface area contributed by atoms with E-state index in [0.717, 1.165) is 72.6 Å². The van der Waals surface area contributed by atoms with Gasteiger partial charge in [0.05, 0.1) is 16.8 Å². The molecule has 0 aliphatic carbocycles. The second kappa shape index (κ2) is 15.6. The van der Waals surface area contributed by atoms with E-state index in [1.165, 1.54) is 27.6 Å². The molecule has 10 aromatic carbocycles. The Balaban J connectivity index is 1.11. The first-order valence-electron chi connectivity index (χ1n) is 20.7. The maximum atomic E-state index is 6.94. The van der Waals surface area contributed by atoms with Crippen molar-refractivity contribution in [3.05, 3.63) is 243 Å². The Morgan fingerprint density at radius 1 is 0.262 bits per heavy atom. The minimum absolute atomic E-state index is 0.814. The number of hydrogen-bond acceptors (Lipinski definition) is 3. The molecule has 0 saturated heterocycles. The van der Waals surface area contributed by atoms with Gasteiger partial charge in [0.2, 0.25) is 0 Å². The van der Waals surface area contributed by atoms with Crippen molar-refractivity contribution in [2.24, 2.45) is 0 Å². The van der Waals surface area contributed by atoms with E-state index in [9.17, 15) is 0 Å². The van der Waals surface area contributed by atoms with Crippen LogP contribution in [0.3, 0.4) is 0 Å². The van der Waals surface area contributed by atoms with Gasteiger partial charge in [-0.15, -0.1) is 0 Å². The van der Waals surface area contributed by atoms with Crippen LogP contribution in [0.15, 0.2) is 247 Å². The molecule has 0 saturated carbocycles. The van der Waals surface area contributed by atoms with Crippen molar-refractivity contribution >= 4 is 66.8 Å². The SMILES string of the molecule is c1ccc(-c2ccc(-c3ccc(N(c4ccccc4)c4cc(N(c5ccccc5)c5cccc(-c6ccccc6)c5)c5c(c4)oc4cc6ccccc6cc45)cc3)cc2)cc1. The Morgan fingerprint density at radius 3 is 1.31 bits per heavy atom. The summed E-state index contributed by atoms with van der Waals surface area (Å²) in [4.78, 5) is 4.71. The summed E-state index contributed by atoms with van der Waals surface area (Å²) in [6.07, 6.45) is 0. The van der Waals surface area contributed by atoms with Crippen molar-refractivity contribution in [2.45, 2.75) is 0 Å². The number of nitrogens with zero attached hydrogens (tertiary/aromatic N) is 2. The molecule has 3 nitrogen and oxygen atoms in total. The van der Waals surface area contributed by atoms with Crippen LogP contribution >= 0.6 is 0 Å². The standard InChI is InChI=1S/C58H40N2O/c1-5-16-41(17-6-1)43-28-30-44(31-29-43)45-32-34-51(35-33-45)59(49-23-9-3-10-24-49)53-39-55(58-54-37-47-20-13-14-21-48(47)38-56(54)61-57(58)40-53)60(50-25-11-4-12-26-50)52-27-15-22-46(36-52)42-18-7-2-8-19-42/h1-40H. The zero-order chi connectivity index (χ0) is 40.5. The summed E-state index contributed by atoms with van der Waals surface area (Å²) in [6, 6.07) is 86.5. The molecule has 0 fully saturated rings. The number of furan rings is 1. The fourth-order valence-corrected chi connectivity index (χ4v) is 8.63. The highest BCUT2D eigenvalue weighted by Crippen LogP contribution is 2.48. The summed E-state index contributed by atoms with van der Waals surface area (Å²) >= 11 is 0. The van der Waals surface area contributed by atoms with E-state index >= 15 is 0 Å². The molecule has 3 heteroatoms. The zero-order valence-corrected chi connectivity index (χ0v) is 33.4. The zero-order valence-electron chi connectivity index (χ0n) is 33.4. The third kappa shape index (κ3) is 6.88. The Morgan fingerprint density at radius 2 is 0.705 bits per heavy atom. The Labute approximate surface area is 355 Å².